The summed E-state index contributed by atoms with van der Waals surface area (Å²) >= 11 is 0. The lowest BCUT2D eigenvalue weighted by Crippen LogP contribution is -2.32. The first-order chi connectivity index (χ1) is 47.0. The van der Waals surface area contributed by atoms with Crippen LogP contribution in [0.4, 0.5) is 0 Å². The molecule has 0 bridgehead atoms. The maximum atomic E-state index is 8.86. The van der Waals surface area contributed by atoms with Crippen molar-refractivity contribution in [2.75, 3.05) is 0 Å². The summed E-state index contributed by atoms with van der Waals surface area (Å²) in [5, 5.41) is 6.39. The standard InChI is InChI=1S/C84H59N5O2/c1-51-19-16-20-52(2)81(51)54-35-38-62-60-23-6-7-24-61(60)71-45-55(53-36-40-79-70(43-53)67-28-11-15-34-78(67)91-79)46-77-83(71)87(82-68(69(62)44-54)29-18-33-75(82)88-72-30-12-8-25-63(72)64-26-9-13-31-73(64)88)50-86(77)57-21-17-22-58(48-57)90-59-37-39-66-65-27-10-14-32-74(65)89(76(66)49-59)80-47-56(41-42-85-80)84(3,4)5/h6-49H,1-5H3/i1D3,2D3. The first kappa shape index (κ1) is 46.6. The summed E-state index contributed by atoms with van der Waals surface area (Å²) in [5.41, 5.74) is 18.5. The van der Waals surface area contributed by atoms with E-state index in [4.69, 9.17) is 22.4 Å². The van der Waals surface area contributed by atoms with Gasteiger partial charge in [0.25, 0.3) is 6.33 Å². The van der Waals surface area contributed by atoms with Crippen molar-refractivity contribution >= 4 is 76.6 Å². The number of hydrogen-bond acceptors (Lipinski definition) is 3. The summed E-state index contributed by atoms with van der Waals surface area (Å²) in [6, 6.07) is 88.5. The van der Waals surface area contributed by atoms with Gasteiger partial charge in [0, 0.05) is 52.8 Å². The molecule has 0 atom stereocenters. The molecule has 0 saturated heterocycles. The van der Waals surface area contributed by atoms with Crippen LogP contribution in [0.25, 0.3) is 155 Å². The van der Waals surface area contributed by atoms with Gasteiger partial charge in [-0.1, -0.05) is 178 Å². The van der Waals surface area contributed by atoms with Crippen molar-refractivity contribution in [3.05, 3.63) is 290 Å². The van der Waals surface area contributed by atoms with Gasteiger partial charge < -0.3 is 13.7 Å². The number of furan rings is 1. The van der Waals surface area contributed by atoms with Crippen LogP contribution in [0.15, 0.2) is 271 Å². The molecule has 432 valence electrons. The number of aryl methyl sites for hydroxylation is 2. The highest BCUT2D eigenvalue weighted by Crippen LogP contribution is 2.49. The number of hydrogen-bond donors (Lipinski definition) is 0. The Morgan fingerprint density at radius 2 is 1.05 bits per heavy atom. The van der Waals surface area contributed by atoms with Crippen LogP contribution in [0.5, 0.6) is 11.5 Å². The van der Waals surface area contributed by atoms with Crippen LogP contribution < -0.4 is 9.30 Å². The van der Waals surface area contributed by atoms with E-state index < -0.39 is 13.7 Å². The third-order valence-electron chi connectivity index (χ3n) is 18.5. The van der Waals surface area contributed by atoms with Gasteiger partial charge in [0.05, 0.1) is 50.2 Å². The monoisotopic (exact) mass is 1180 g/mol. The van der Waals surface area contributed by atoms with Crippen molar-refractivity contribution in [1.82, 2.24) is 18.7 Å². The summed E-state index contributed by atoms with van der Waals surface area (Å²) in [6.07, 6.45) is 5.95. The molecular weight excluding hydrogens is 1110 g/mol. The number of nitrogens with zero attached hydrogens (tertiary/aromatic N) is 5. The number of pyridine rings is 1. The predicted octanol–water partition coefficient (Wildman–Crippen LogP) is 21.6. The van der Waals surface area contributed by atoms with E-state index in [0.29, 0.717) is 17.1 Å². The van der Waals surface area contributed by atoms with E-state index in [1.807, 2.05) is 60.8 Å². The maximum absolute atomic E-state index is 8.86. The van der Waals surface area contributed by atoms with E-state index in [9.17, 15) is 0 Å². The number of para-hydroxylation sites is 5. The fourth-order valence-corrected chi connectivity index (χ4v) is 14.3. The number of benzene rings is 12. The second-order valence-corrected chi connectivity index (χ2v) is 24.8. The van der Waals surface area contributed by atoms with Gasteiger partial charge in [0.2, 0.25) is 0 Å². The van der Waals surface area contributed by atoms with Gasteiger partial charge in [0.15, 0.2) is 0 Å². The van der Waals surface area contributed by atoms with E-state index in [1.54, 1.807) is 0 Å². The zero-order valence-corrected chi connectivity index (χ0v) is 50.0. The van der Waals surface area contributed by atoms with Gasteiger partial charge in [-0.15, -0.1) is 0 Å². The Bertz CT molecular complexity index is 6070. The molecule has 0 fully saturated rings. The van der Waals surface area contributed by atoms with Crippen LogP contribution in [0, 0.1) is 20.0 Å². The fourth-order valence-electron chi connectivity index (χ4n) is 14.3. The SMILES string of the molecule is [2H]C([2H])([2H])c1cccc(C([2H])([2H])[2H])c1-c1ccc2c(c1)-c1cccc(-n3c4ccccc4c4ccccc43)c1-[n+]1[c-]n(-c3cccc(Oc4ccc5c6ccccc6n(-c6cc(C(C)(C)C)ccn6)c5c4)c3)c3cc(-c4ccc5oc6ccccc6c5c4)cc(c31)-c1ccccc1-2. The third-order valence-corrected chi connectivity index (χ3v) is 18.5. The number of aromatic nitrogens is 5. The van der Waals surface area contributed by atoms with E-state index in [-0.39, 0.29) is 22.1 Å². The number of fused-ring (bicyclic) bond motifs is 16. The molecule has 6 heterocycles. The Morgan fingerprint density at radius 1 is 0.440 bits per heavy atom. The Balaban J connectivity index is 0.924. The Hall–Kier alpha value is -11.5. The molecule has 0 spiro atoms. The second-order valence-electron chi connectivity index (χ2n) is 24.8. The van der Waals surface area contributed by atoms with Crippen molar-refractivity contribution in [2.24, 2.45) is 0 Å². The lowest BCUT2D eigenvalue weighted by molar-refractivity contribution is -0.571. The first-order valence-corrected chi connectivity index (χ1v) is 30.7. The average molecular weight is 1180 g/mol. The molecule has 0 saturated carbocycles. The maximum Gasteiger partial charge on any atom is 0.269 e. The van der Waals surface area contributed by atoms with Crippen molar-refractivity contribution in [3.8, 4) is 90.0 Å². The molecule has 0 aliphatic carbocycles. The van der Waals surface area contributed by atoms with Gasteiger partial charge in [0.1, 0.15) is 28.5 Å². The van der Waals surface area contributed by atoms with Crippen molar-refractivity contribution < 1.29 is 21.9 Å². The molecule has 1 aliphatic heterocycles. The molecule has 17 aromatic rings. The number of imidazole rings is 1. The summed E-state index contributed by atoms with van der Waals surface area (Å²) in [6.45, 7) is 1.37. The minimum atomic E-state index is -2.64. The minimum Gasteiger partial charge on any atom is -0.458 e. The van der Waals surface area contributed by atoms with E-state index in [1.165, 1.54) is 23.8 Å². The Kier molecular flexibility index (Phi) is 10.2. The molecule has 12 aromatic carbocycles. The molecule has 7 nitrogen and oxygen atoms in total. The average Bonchev–Trinajstić information content (AvgIpc) is 1.59. The fraction of sp³-hybridized carbons (Fsp3) is 0.0714. The van der Waals surface area contributed by atoms with Gasteiger partial charge in [-0.2, -0.15) is 0 Å². The zero-order chi connectivity index (χ0) is 65.8. The lowest BCUT2D eigenvalue weighted by atomic mass is 9.85. The first-order valence-electron chi connectivity index (χ1n) is 33.7. The third kappa shape index (κ3) is 8.20. The summed E-state index contributed by atoms with van der Waals surface area (Å²) in [4.78, 5) is 4.96. The van der Waals surface area contributed by atoms with E-state index in [0.717, 1.165) is 144 Å². The van der Waals surface area contributed by atoms with E-state index in [2.05, 4.69) is 233 Å². The highest BCUT2D eigenvalue weighted by atomic mass is 16.5. The quantitative estimate of drug-likeness (QED) is 0.118. The molecule has 7 heteroatoms. The molecule has 1 aliphatic rings. The van der Waals surface area contributed by atoms with Crippen LogP contribution in [-0.4, -0.2) is 18.7 Å². The molecular formula is C84H59N5O2. The molecule has 0 amide bonds. The van der Waals surface area contributed by atoms with Crippen LogP contribution in [0.1, 0.15) is 45.7 Å². The van der Waals surface area contributed by atoms with Crippen molar-refractivity contribution in [1.29, 1.82) is 0 Å². The molecule has 0 radical (unpaired) electrons. The lowest BCUT2D eigenvalue weighted by Gasteiger charge is -2.21. The van der Waals surface area contributed by atoms with Crippen LogP contribution in [-0.2, 0) is 5.41 Å². The Morgan fingerprint density at radius 3 is 1.81 bits per heavy atom. The van der Waals surface area contributed by atoms with Crippen LogP contribution >= 0.6 is 0 Å². The van der Waals surface area contributed by atoms with Crippen molar-refractivity contribution in [2.45, 2.75) is 39.9 Å². The van der Waals surface area contributed by atoms with Gasteiger partial charge >= 0.3 is 0 Å². The Labute approximate surface area is 534 Å². The molecule has 5 aromatic heterocycles. The molecule has 91 heavy (non-hydrogen) atoms. The van der Waals surface area contributed by atoms with Gasteiger partial charge in [-0.05, 0) is 189 Å². The van der Waals surface area contributed by atoms with Gasteiger partial charge in [-0.3, -0.25) is 13.7 Å². The molecule has 0 unspecified atom stereocenters. The zero-order valence-electron chi connectivity index (χ0n) is 56.0. The highest BCUT2D eigenvalue weighted by molar-refractivity contribution is 6.12. The molecule has 18 rings (SSSR count). The second kappa shape index (κ2) is 20.0. The van der Waals surface area contributed by atoms with Gasteiger partial charge in [-0.25, -0.2) is 4.98 Å². The van der Waals surface area contributed by atoms with E-state index >= 15 is 0 Å². The minimum absolute atomic E-state index is 0.0408. The highest BCUT2D eigenvalue weighted by Gasteiger charge is 2.30. The number of rotatable bonds is 7. The molecule has 0 N–H and O–H groups in total. The topological polar surface area (TPSA) is 53.9 Å². The van der Waals surface area contributed by atoms with Crippen molar-refractivity contribution in [3.63, 3.8) is 0 Å². The summed E-state index contributed by atoms with van der Waals surface area (Å²) in [5.74, 6) is 2.09. The van der Waals surface area contributed by atoms with Crippen LogP contribution in [0.2, 0.25) is 0 Å². The smallest absolute Gasteiger partial charge is 0.269 e. The van der Waals surface area contributed by atoms with Crippen LogP contribution in [0.3, 0.4) is 0 Å². The normalized spacial score (nSPS) is 13.5. The number of ether oxygens (including phenoxy) is 1. The summed E-state index contributed by atoms with van der Waals surface area (Å²) < 4.78 is 75.5. The predicted molar refractivity (Wildman–Crippen MR) is 373 cm³/mol. The summed E-state index contributed by atoms with van der Waals surface area (Å²) in [7, 11) is 0. The largest absolute Gasteiger partial charge is 0.458 e.